The molecule has 1 saturated heterocycles. The Morgan fingerprint density at radius 1 is 1.11 bits per heavy atom. The number of Topliss-reactive ketones (excluding diaryl/α,β-unsaturated/α-hetero) is 1. The van der Waals surface area contributed by atoms with Crippen molar-refractivity contribution in [3.05, 3.63) is 58.6 Å². The van der Waals surface area contributed by atoms with Gasteiger partial charge in [-0.05, 0) is 35.8 Å². The molecule has 1 aliphatic carbocycles. The number of aromatic nitrogens is 3. The first-order valence-corrected chi connectivity index (χ1v) is 9.89. The Morgan fingerprint density at radius 3 is 2.82 bits per heavy atom. The molecule has 5 rings (SSSR count). The predicted octanol–water partition coefficient (Wildman–Crippen LogP) is 2.85. The lowest BCUT2D eigenvalue weighted by atomic mass is 10.0. The van der Waals surface area contributed by atoms with Crippen molar-refractivity contribution in [1.82, 2.24) is 19.7 Å². The van der Waals surface area contributed by atoms with Crippen LogP contribution in [-0.4, -0.2) is 46.3 Å². The van der Waals surface area contributed by atoms with Gasteiger partial charge in [-0.1, -0.05) is 17.7 Å². The zero-order chi connectivity index (χ0) is 19.1. The van der Waals surface area contributed by atoms with Crippen LogP contribution in [-0.2, 0) is 11.2 Å². The summed E-state index contributed by atoms with van der Waals surface area (Å²) in [5.41, 5.74) is 4.80. The average molecular weight is 394 g/mol. The van der Waals surface area contributed by atoms with Crippen molar-refractivity contribution >= 4 is 40.5 Å². The number of benzene rings is 1. The molecule has 1 N–H and O–H groups in total. The molecule has 0 atom stereocenters. The molecule has 0 saturated carbocycles. The van der Waals surface area contributed by atoms with E-state index in [1.807, 2.05) is 12.3 Å². The molecule has 3 aromatic rings. The van der Waals surface area contributed by atoms with Gasteiger partial charge in [0.15, 0.2) is 5.78 Å². The largest absolute Gasteiger partial charge is 0.369 e. The van der Waals surface area contributed by atoms with Crippen LogP contribution in [0.5, 0.6) is 0 Å². The first-order chi connectivity index (χ1) is 13.7. The molecule has 0 radical (unpaired) electrons. The molecule has 0 spiro atoms. The molecule has 7 heteroatoms. The van der Waals surface area contributed by atoms with E-state index < -0.39 is 0 Å². The Balaban J connectivity index is 1.53. The molecule has 6 nitrogen and oxygen atoms in total. The van der Waals surface area contributed by atoms with E-state index in [-0.39, 0.29) is 5.78 Å². The van der Waals surface area contributed by atoms with Crippen LogP contribution >= 0.6 is 11.6 Å². The molecule has 1 aliphatic heterocycles. The minimum Gasteiger partial charge on any atom is -0.369 e. The third kappa shape index (κ3) is 3.19. The van der Waals surface area contributed by atoms with Gasteiger partial charge in [-0.3, -0.25) is 9.20 Å². The third-order valence-electron chi connectivity index (χ3n) is 5.38. The number of rotatable bonds is 2. The Bertz CT molecular complexity index is 1100. The molecule has 1 fully saturated rings. The summed E-state index contributed by atoms with van der Waals surface area (Å²) >= 11 is 6.01. The van der Waals surface area contributed by atoms with Gasteiger partial charge in [0.05, 0.1) is 16.9 Å². The number of aryl methyl sites for hydroxylation is 1. The van der Waals surface area contributed by atoms with E-state index in [1.165, 1.54) is 11.3 Å². The summed E-state index contributed by atoms with van der Waals surface area (Å²) in [4.78, 5) is 24.0. The fourth-order valence-corrected chi connectivity index (χ4v) is 4.05. The maximum Gasteiger partial charge on any atom is 0.234 e. The van der Waals surface area contributed by atoms with E-state index in [9.17, 15) is 4.79 Å². The first kappa shape index (κ1) is 17.4. The summed E-state index contributed by atoms with van der Waals surface area (Å²) in [6.07, 6.45) is 8.31. The molecule has 0 unspecified atom stereocenters. The van der Waals surface area contributed by atoms with E-state index in [1.54, 1.807) is 16.8 Å². The molecule has 3 heterocycles. The van der Waals surface area contributed by atoms with E-state index in [2.05, 4.69) is 38.4 Å². The number of anilines is 1. The van der Waals surface area contributed by atoms with Crippen molar-refractivity contribution < 1.29 is 4.79 Å². The number of carbonyl (C=O) groups excluding carboxylic acids is 1. The lowest BCUT2D eigenvalue weighted by molar-refractivity contribution is -0.113. The quantitative estimate of drug-likeness (QED) is 0.725. The Labute approximate surface area is 167 Å². The van der Waals surface area contributed by atoms with Crippen LogP contribution in [0.25, 0.3) is 17.4 Å². The highest BCUT2D eigenvalue weighted by molar-refractivity contribution is 6.30. The fourth-order valence-electron chi connectivity index (χ4n) is 3.89. The second-order valence-corrected chi connectivity index (χ2v) is 7.64. The molecule has 142 valence electrons. The number of ketones is 1. The van der Waals surface area contributed by atoms with Crippen LogP contribution in [0.2, 0.25) is 5.02 Å². The Morgan fingerprint density at radius 2 is 1.96 bits per heavy atom. The van der Waals surface area contributed by atoms with E-state index in [4.69, 9.17) is 11.6 Å². The summed E-state index contributed by atoms with van der Waals surface area (Å²) in [6.45, 7) is 4.03. The molecular formula is C21H20ClN5O. The first-order valence-electron chi connectivity index (χ1n) is 9.51. The molecule has 0 amide bonds. The van der Waals surface area contributed by atoms with Gasteiger partial charge in [0, 0.05) is 56.3 Å². The van der Waals surface area contributed by atoms with Crippen molar-refractivity contribution in [2.75, 3.05) is 31.1 Å². The van der Waals surface area contributed by atoms with Crippen LogP contribution in [0.4, 0.5) is 5.69 Å². The van der Waals surface area contributed by atoms with Gasteiger partial charge in [0.2, 0.25) is 5.78 Å². The molecule has 2 aromatic heterocycles. The number of piperazine rings is 1. The maximum atomic E-state index is 12.8. The average Bonchev–Trinajstić information content (AvgIpc) is 3.06. The number of nitrogens with zero attached hydrogens (tertiary/aromatic N) is 4. The van der Waals surface area contributed by atoms with Gasteiger partial charge < -0.3 is 10.2 Å². The summed E-state index contributed by atoms with van der Waals surface area (Å²) in [7, 11) is 0. The van der Waals surface area contributed by atoms with Crippen LogP contribution < -0.4 is 10.2 Å². The number of halogens is 1. The van der Waals surface area contributed by atoms with Gasteiger partial charge in [-0.2, -0.15) is 0 Å². The van der Waals surface area contributed by atoms with Crippen LogP contribution in [0.15, 0.2) is 36.8 Å². The van der Waals surface area contributed by atoms with E-state index in [0.717, 1.165) is 38.2 Å². The van der Waals surface area contributed by atoms with Crippen molar-refractivity contribution in [1.29, 1.82) is 0 Å². The van der Waals surface area contributed by atoms with E-state index >= 15 is 0 Å². The van der Waals surface area contributed by atoms with Gasteiger partial charge in [-0.15, -0.1) is 0 Å². The summed E-state index contributed by atoms with van der Waals surface area (Å²) in [6, 6.07) is 6.51. The number of allylic oxidation sites excluding steroid dienone is 1. The van der Waals surface area contributed by atoms with Gasteiger partial charge in [-0.25, -0.2) is 9.97 Å². The number of hydrogen-bond acceptors (Lipinski definition) is 5. The molecular weight excluding hydrogens is 374 g/mol. The lowest BCUT2D eigenvalue weighted by Crippen LogP contribution is -2.43. The highest BCUT2D eigenvalue weighted by Gasteiger charge is 2.21. The molecule has 2 aliphatic rings. The lowest BCUT2D eigenvalue weighted by Gasteiger charge is -2.30. The number of nitrogens with one attached hydrogen (secondary N) is 1. The number of hydrogen-bond donors (Lipinski definition) is 1. The van der Waals surface area contributed by atoms with E-state index in [0.29, 0.717) is 28.5 Å². The zero-order valence-corrected chi connectivity index (χ0v) is 16.1. The summed E-state index contributed by atoms with van der Waals surface area (Å²) in [5.74, 6) is 0.640. The van der Waals surface area contributed by atoms with Crippen molar-refractivity contribution in [2.45, 2.75) is 12.8 Å². The molecule has 1 aromatic carbocycles. The minimum atomic E-state index is 0.106. The van der Waals surface area contributed by atoms with Crippen LogP contribution in [0.1, 0.15) is 23.2 Å². The zero-order valence-electron chi connectivity index (χ0n) is 15.4. The standard InChI is InChI=1S/C21H20ClN5O/c22-16-11-24-21-25-19(13-27(21)12-16)18-10-15-1-3-17(26-7-5-23-6-8-26)9-14(15)2-4-20(18)28/h1,3,9-13,23H,2,4-8H2. The minimum absolute atomic E-state index is 0.106. The van der Waals surface area contributed by atoms with Gasteiger partial charge in [0.25, 0.3) is 0 Å². The predicted molar refractivity (Wildman–Crippen MR) is 111 cm³/mol. The Kier molecular flexibility index (Phi) is 4.37. The van der Waals surface area contributed by atoms with Crippen molar-refractivity contribution in [3.63, 3.8) is 0 Å². The number of carbonyl (C=O) groups is 1. The summed E-state index contributed by atoms with van der Waals surface area (Å²) < 4.78 is 1.76. The second-order valence-electron chi connectivity index (χ2n) is 7.21. The van der Waals surface area contributed by atoms with Crippen LogP contribution in [0, 0.1) is 0 Å². The van der Waals surface area contributed by atoms with Gasteiger partial charge in [0.1, 0.15) is 0 Å². The summed E-state index contributed by atoms with van der Waals surface area (Å²) in [5, 5.41) is 3.91. The highest BCUT2D eigenvalue weighted by atomic mass is 35.5. The van der Waals surface area contributed by atoms with Crippen molar-refractivity contribution in [3.8, 4) is 0 Å². The second kappa shape index (κ2) is 7.04. The fraction of sp³-hybridized carbons (Fsp3) is 0.286. The maximum absolute atomic E-state index is 12.8. The van der Waals surface area contributed by atoms with Crippen LogP contribution in [0.3, 0.4) is 0 Å². The monoisotopic (exact) mass is 393 g/mol. The highest BCUT2D eigenvalue weighted by Crippen LogP contribution is 2.30. The van der Waals surface area contributed by atoms with Crippen molar-refractivity contribution in [2.24, 2.45) is 0 Å². The topological polar surface area (TPSA) is 62.5 Å². The smallest absolute Gasteiger partial charge is 0.234 e. The van der Waals surface area contributed by atoms with Gasteiger partial charge >= 0.3 is 0 Å². The number of imidazole rings is 1. The third-order valence-corrected chi connectivity index (χ3v) is 5.58. The molecule has 0 bridgehead atoms. The Hall–Kier alpha value is -2.70. The molecule has 28 heavy (non-hydrogen) atoms. The normalized spacial score (nSPS) is 17.4. The number of fused-ring (bicyclic) bond motifs is 2. The SMILES string of the molecule is O=C1CCc2cc(N3CCNCC3)ccc2C=C1c1cn2cc(Cl)cnc2n1.